The molecule has 174 valence electrons. The monoisotopic (exact) mass is 456 g/mol. The number of anilines is 2. The van der Waals surface area contributed by atoms with Crippen molar-refractivity contribution in [3.63, 3.8) is 0 Å². The summed E-state index contributed by atoms with van der Waals surface area (Å²) in [6.07, 6.45) is 2.61. The lowest BCUT2D eigenvalue weighted by Gasteiger charge is -2.33. The molecule has 6 nitrogen and oxygen atoms in total. The number of hydrogen-bond acceptors (Lipinski definition) is 6. The lowest BCUT2D eigenvalue weighted by atomic mass is 9.76. The van der Waals surface area contributed by atoms with Crippen molar-refractivity contribution in [2.45, 2.75) is 18.4 Å². The molecular weight excluding hydrogens is 428 g/mol. The van der Waals surface area contributed by atoms with Gasteiger partial charge in [0.15, 0.2) is 11.5 Å². The van der Waals surface area contributed by atoms with Gasteiger partial charge in [-0.15, -0.1) is 0 Å². The highest BCUT2D eigenvalue weighted by Crippen LogP contribution is 2.47. The van der Waals surface area contributed by atoms with Gasteiger partial charge in [0, 0.05) is 23.6 Å². The Hall–Kier alpha value is -3.93. The van der Waals surface area contributed by atoms with Crippen LogP contribution < -0.4 is 24.8 Å². The predicted octanol–water partition coefficient (Wildman–Crippen LogP) is 5.55. The van der Waals surface area contributed by atoms with Gasteiger partial charge in [0.1, 0.15) is 11.5 Å². The fourth-order valence-electron chi connectivity index (χ4n) is 4.99. The molecule has 34 heavy (non-hydrogen) atoms. The van der Waals surface area contributed by atoms with Crippen molar-refractivity contribution >= 4 is 17.2 Å². The van der Waals surface area contributed by atoms with E-state index in [1.54, 1.807) is 21.3 Å². The van der Waals surface area contributed by atoms with Gasteiger partial charge in [0.25, 0.3) is 0 Å². The molecular formula is C28H28N2O4. The van der Waals surface area contributed by atoms with Crippen LogP contribution in [0.4, 0.5) is 11.4 Å². The molecule has 0 radical (unpaired) electrons. The Morgan fingerprint density at radius 3 is 2.29 bits per heavy atom. The van der Waals surface area contributed by atoms with Gasteiger partial charge in [-0.25, -0.2) is 0 Å². The van der Waals surface area contributed by atoms with Gasteiger partial charge in [-0.1, -0.05) is 42.5 Å². The molecule has 0 spiro atoms. The van der Waals surface area contributed by atoms with Crippen LogP contribution in [0.25, 0.3) is 0 Å². The van der Waals surface area contributed by atoms with Crippen molar-refractivity contribution in [2.24, 2.45) is 5.92 Å². The topological polar surface area (TPSA) is 68.8 Å². The van der Waals surface area contributed by atoms with E-state index in [1.165, 1.54) is 0 Å². The largest absolute Gasteiger partial charge is 0.497 e. The fraction of sp³-hybridized carbons (Fsp3) is 0.250. The summed E-state index contributed by atoms with van der Waals surface area (Å²) in [5, 5.41) is 7.19. The number of methoxy groups -OCH3 is 3. The van der Waals surface area contributed by atoms with Crippen molar-refractivity contribution in [2.75, 3.05) is 32.0 Å². The zero-order chi connectivity index (χ0) is 23.7. The van der Waals surface area contributed by atoms with Gasteiger partial charge in [0.2, 0.25) is 0 Å². The third kappa shape index (κ3) is 3.85. The molecule has 2 aliphatic rings. The van der Waals surface area contributed by atoms with Crippen LogP contribution in [-0.2, 0) is 4.79 Å². The fourth-order valence-corrected chi connectivity index (χ4v) is 4.99. The van der Waals surface area contributed by atoms with Gasteiger partial charge >= 0.3 is 0 Å². The Morgan fingerprint density at radius 2 is 1.59 bits per heavy atom. The molecule has 6 heteroatoms. The second-order valence-corrected chi connectivity index (χ2v) is 8.53. The number of carbonyl (C=O) groups excluding carboxylic acids is 1. The number of ketones is 1. The SMILES string of the molecule is COc1ccc([C@H]2C=C3Nc4ccccc4N[C@@H](c4cccc(OC)c4OC)[C@H]3C(=O)C2)cc1. The maximum Gasteiger partial charge on any atom is 0.166 e. The van der Waals surface area contributed by atoms with E-state index in [0.29, 0.717) is 17.9 Å². The molecule has 1 aliphatic carbocycles. The first-order chi connectivity index (χ1) is 16.6. The first-order valence-electron chi connectivity index (χ1n) is 11.3. The number of ether oxygens (including phenoxy) is 3. The molecule has 3 atom stereocenters. The average molecular weight is 457 g/mol. The van der Waals surface area contributed by atoms with Crippen molar-refractivity contribution in [1.29, 1.82) is 0 Å². The summed E-state index contributed by atoms with van der Waals surface area (Å²) in [6.45, 7) is 0. The quantitative estimate of drug-likeness (QED) is 0.525. The zero-order valence-electron chi connectivity index (χ0n) is 19.5. The van der Waals surface area contributed by atoms with E-state index < -0.39 is 5.92 Å². The number of nitrogens with one attached hydrogen (secondary N) is 2. The van der Waals surface area contributed by atoms with Gasteiger partial charge < -0.3 is 24.8 Å². The third-order valence-corrected chi connectivity index (χ3v) is 6.65. The van der Waals surface area contributed by atoms with E-state index in [-0.39, 0.29) is 17.7 Å². The first kappa shape index (κ1) is 21.9. The van der Waals surface area contributed by atoms with Crippen molar-refractivity contribution < 1.29 is 19.0 Å². The molecule has 1 heterocycles. The van der Waals surface area contributed by atoms with Crippen molar-refractivity contribution in [1.82, 2.24) is 0 Å². The van der Waals surface area contributed by atoms with E-state index in [0.717, 1.165) is 33.9 Å². The van der Waals surface area contributed by atoms with Crippen LogP contribution in [-0.4, -0.2) is 27.1 Å². The van der Waals surface area contributed by atoms with E-state index >= 15 is 0 Å². The van der Waals surface area contributed by atoms with Gasteiger partial charge in [-0.2, -0.15) is 0 Å². The summed E-state index contributed by atoms with van der Waals surface area (Å²) >= 11 is 0. The molecule has 0 bridgehead atoms. The highest BCUT2D eigenvalue weighted by molar-refractivity contribution is 5.90. The summed E-state index contributed by atoms with van der Waals surface area (Å²) < 4.78 is 16.6. The molecule has 3 aromatic rings. The van der Waals surface area contributed by atoms with Crippen LogP contribution in [0.3, 0.4) is 0 Å². The highest BCUT2D eigenvalue weighted by Gasteiger charge is 2.41. The van der Waals surface area contributed by atoms with Gasteiger partial charge in [-0.3, -0.25) is 4.79 Å². The number of allylic oxidation sites excluding steroid dienone is 1. The van der Waals surface area contributed by atoms with Crippen LogP contribution >= 0.6 is 0 Å². The number of benzene rings is 3. The lowest BCUT2D eigenvalue weighted by molar-refractivity contribution is -0.122. The first-order valence-corrected chi connectivity index (χ1v) is 11.3. The smallest absolute Gasteiger partial charge is 0.166 e. The Morgan fingerprint density at radius 1 is 0.824 bits per heavy atom. The number of para-hydroxylation sites is 3. The summed E-state index contributed by atoms with van der Waals surface area (Å²) in [5.41, 5.74) is 4.73. The molecule has 1 aliphatic heterocycles. The summed E-state index contributed by atoms with van der Waals surface area (Å²) in [5.74, 6) is 1.81. The molecule has 0 aromatic heterocycles. The molecule has 3 aromatic carbocycles. The maximum atomic E-state index is 13.8. The maximum absolute atomic E-state index is 13.8. The minimum absolute atomic E-state index is 0.0183. The van der Waals surface area contributed by atoms with Crippen LogP contribution in [0.5, 0.6) is 17.2 Å². The molecule has 0 saturated carbocycles. The molecule has 0 saturated heterocycles. The third-order valence-electron chi connectivity index (χ3n) is 6.65. The Balaban J connectivity index is 1.63. The Bertz CT molecular complexity index is 1240. The number of carbonyl (C=O) groups is 1. The van der Waals surface area contributed by atoms with Crippen LogP contribution in [0.15, 0.2) is 78.5 Å². The Labute approximate surface area is 199 Å². The second-order valence-electron chi connectivity index (χ2n) is 8.53. The van der Waals surface area contributed by atoms with Gasteiger partial charge in [0.05, 0.1) is 44.7 Å². The zero-order valence-corrected chi connectivity index (χ0v) is 19.5. The van der Waals surface area contributed by atoms with E-state index in [1.807, 2.05) is 66.7 Å². The summed E-state index contributed by atoms with van der Waals surface area (Å²) in [7, 11) is 4.90. The Kier molecular flexibility index (Phi) is 5.88. The van der Waals surface area contributed by atoms with E-state index in [9.17, 15) is 4.79 Å². The molecule has 2 N–H and O–H groups in total. The number of rotatable bonds is 5. The standard InChI is InChI=1S/C28H28N2O4/c1-32-19-13-11-17(12-14-19)18-15-23-26(24(31)16-18)27(30-22-9-5-4-8-21(22)29-23)20-7-6-10-25(33-2)28(20)34-3/h4-15,18,26-27,29-30H,16H2,1-3H3/t18-,26+,27-/m0/s1. The highest BCUT2D eigenvalue weighted by atomic mass is 16.5. The number of Topliss-reactive ketones (excluding diaryl/α,β-unsaturated/α-hetero) is 1. The van der Waals surface area contributed by atoms with Crippen LogP contribution in [0, 0.1) is 5.92 Å². The molecule has 0 unspecified atom stereocenters. The van der Waals surface area contributed by atoms with Crippen molar-refractivity contribution in [3.8, 4) is 17.2 Å². The van der Waals surface area contributed by atoms with E-state index in [2.05, 4.69) is 16.7 Å². The molecule has 0 fully saturated rings. The van der Waals surface area contributed by atoms with E-state index in [4.69, 9.17) is 14.2 Å². The number of fused-ring (bicyclic) bond motifs is 2. The van der Waals surface area contributed by atoms with Crippen LogP contribution in [0.2, 0.25) is 0 Å². The minimum Gasteiger partial charge on any atom is -0.497 e. The normalized spacial score (nSPS) is 21.1. The minimum atomic E-state index is -0.400. The summed E-state index contributed by atoms with van der Waals surface area (Å²) in [6, 6.07) is 21.4. The second kappa shape index (κ2) is 9.14. The van der Waals surface area contributed by atoms with Crippen molar-refractivity contribution in [3.05, 3.63) is 89.6 Å². The van der Waals surface area contributed by atoms with Crippen LogP contribution in [0.1, 0.15) is 29.5 Å². The van der Waals surface area contributed by atoms with Gasteiger partial charge in [-0.05, 0) is 35.9 Å². The molecule has 0 amide bonds. The molecule has 5 rings (SSSR count). The average Bonchev–Trinajstić information content (AvgIpc) is 3.05. The predicted molar refractivity (Wildman–Crippen MR) is 133 cm³/mol. The summed E-state index contributed by atoms with van der Waals surface area (Å²) in [4.78, 5) is 13.8. The number of hydrogen-bond donors (Lipinski definition) is 2. The lowest BCUT2D eigenvalue weighted by Crippen LogP contribution is -2.34.